The Morgan fingerprint density at radius 2 is 2.00 bits per heavy atom. The molecule has 1 aliphatic rings. The second kappa shape index (κ2) is 8.81. The van der Waals surface area contributed by atoms with Crippen LogP contribution in [0.4, 0.5) is 0 Å². The SMILES string of the molecule is CCN1CCC[C@@H]1CN(CCN(C)C)C(=O)c1ccc(C#N)cc1. The zero-order valence-electron chi connectivity index (χ0n) is 15.0. The molecule has 0 aromatic heterocycles. The lowest BCUT2D eigenvalue weighted by Crippen LogP contribution is -2.45. The van der Waals surface area contributed by atoms with Crippen molar-refractivity contribution < 1.29 is 4.79 Å². The van der Waals surface area contributed by atoms with Gasteiger partial charge in [-0.05, 0) is 64.3 Å². The van der Waals surface area contributed by atoms with Crippen LogP contribution >= 0.6 is 0 Å². The summed E-state index contributed by atoms with van der Waals surface area (Å²) in [5, 5.41) is 8.91. The van der Waals surface area contributed by atoms with Gasteiger partial charge in [0.2, 0.25) is 0 Å². The van der Waals surface area contributed by atoms with Crippen LogP contribution in [0.25, 0.3) is 0 Å². The molecule has 1 aliphatic heterocycles. The summed E-state index contributed by atoms with van der Waals surface area (Å²) in [6.45, 7) is 6.71. The van der Waals surface area contributed by atoms with Crippen molar-refractivity contribution >= 4 is 5.91 Å². The molecule has 0 aliphatic carbocycles. The number of nitriles is 1. The van der Waals surface area contributed by atoms with E-state index in [-0.39, 0.29) is 5.91 Å². The van der Waals surface area contributed by atoms with Gasteiger partial charge >= 0.3 is 0 Å². The van der Waals surface area contributed by atoms with E-state index >= 15 is 0 Å². The standard InChI is InChI=1S/C19H28N4O/c1-4-22-11-5-6-18(22)15-23(13-12-21(2)3)19(24)17-9-7-16(14-20)8-10-17/h7-10,18H,4-6,11-13,15H2,1-3H3/t18-/m1/s1. The molecule has 0 radical (unpaired) electrons. The number of likely N-dealkylation sites (N-methyl/N-ethyl adjacent to an activating group) is 2. The fourth-order valence-corrected chi connectivity index (χ4v) is 3.24. The highest BCUT2D eigenvalue weighted by atomic mass is 16.2. The highest BCUT2D eigenvalue weighted by Crippen LogP contribution is 2.19. The lowest BCUT2D eigenvalue weighted by atomic mass is 10.1. The van der Waals surface area contributed by atoms with Crippen molar-refractivity contribution in [1.82, 2.24) is 14.7 Å². The Labute approximate surface area is 145 Å². The first-order valence-electron chi connectivity index (χ1n) is 8.73. The van der Waals surface area contributed by atoms with E-state index in [9.17, 15) is 4.79 Å². The van der Waals surface area contributed by atoms with Gasteiger partial charge in [0.1, 0.15) is 0 Å². The number of carbonyl (C=O) groups excluding carboxylic acids is 1. The lowest BCUT2D eigenvalue weighted by molar-refractivity contribution is 0.0694. The molecule has 130 valence electrons. The Hall–Kier alpha value is -1.90. The Bertz CT molecular complexity index is 576. The molecule has 1 aromatic carbocycles. The van der Waals surface area contributed by atoms with Gasteiger partial charge in [-0.25, -0.2) is 0 Å². The fourth-order valence-electron chi connectivity index (χ4n) is 3.24. The number of carbonyl (C=O) groups is 1. The molecule has 5 nitrogen and oxygen atoms in total. The normalized spacial score (nSPS) is 17.9. The van der Waals surface area contributed by atoms with Crippen LogP contribution in [0.3, 0.4) is 0 Å². The van der Waals surface area contributed by atoms with E-state index in [1.807, 2.05) is 19.0 Å². The molecule has 0 saturated carbocycles. The zero-order valence-corrected chi connectivity index (χ0v) is 15.0. The molecule has 5 heteroatoms. The predicted molar refractivity (Wildman–Crippen MR) is 95.9 cm³/mol. The lowest BCUT2D eigenvalue weighted by Gasteiger charge is -2.31. The summed E-state index contributed by atoms with van der Waals surface area (Å²) in [6.07, 6.45) is 2.37. The van der Waals surface area contributed by atoms with Crippen molar-refractivity contribution in [1.29, 1.82) is 5.26 Å². The van der Waals surface area contributed by atoms with E-state index in [1.54, 1.807) is 24.3 Å². The summed E-state index contributed by atoms with van der Waals surface area (Å²) in [5.41, 5.74) is 1.24. The molecule has 0 bridgehead atoms. The average Bonchev–Trinajstić information content (AvgIpc) is 3.05. The van der Waals surface area contributed by atoms with Crippen LogP contribution < -0.4 is 0 Å². The van der Waals surface area contributed by atoms with Gasteiger partial charge in [-0.3, -0.25) is 9.69 Å². The smallest absolute Gasteiger partial charge is 0.253 e. The number of rotatable bonds is 7. The number of nitrogens with zero attached hydrogens (tertiary/aromatic N) is 4. The van der Waals surface area contributed by atoms with Crippen molar-refractivity contribution in [2.24, 2.45) is 0 Å². The molecule has 2 rings (SSSR count). The van der Waals surface area contributed by atoms with Gasteiger partial charge in [0, 0.05) is 31.2 Å². The maximum absolute atomic E-state index is 12.9. The molecule has 1 amide bonds. The van der Waals surface area contributed by atoms with Gasteiger partial charge in [-0.15, -0.1) is 0 Å². The second-order valence-corrected chi connectivity index (χ2v) is 6.67. The Kier molecular flexibility index (Phi) is 6.77. The van der Waals surface area contributed by atoms with Crippen LogP contribution in [0.15, 0.2) is 24.3 Å². The van der Waals surface area contributed by atoms with E-state index in [0.717, 1.165) is 39.1 Å². The van der Waals surface area contributed by atoms with Crippen molar-refractivity contribution in [2.45, 2.75) is 25.8 Å². The van der Waals surface area contributed by atoms with Crippen molar-refractivity contribution in [3.63, 3.8) is 0 Å². The first-order chi connectivity index (χ1) is 11.5. The van der Waals surface area contributed by atoms with Gasteiger partial charge in [0.05, 0.1) is 11.6 Å². The molecule has 1 aromatic rings. The molecular formula is C19H28N4O. The van der Waals surface area contributed by atoms with Crippen molar-refractivity contribution in [2.75, 3.05) is 46.8 Å². The van der Waals surface area contributed by atoms with E-state index in [4.69, 9.17) is 5.26 Å². The molecule has 1 fully saturated rings. The van der Waals surface area contributed by atoms with Crippen molar-refractivity contribution in [3.8, 4) is 6.07 Å². The van der Waals surface area contributed by atoms with Crippen LogP contribution in [0.5, 0.6) is 0 Å². The molecule has 1 saturated heterocycles. The minimum absolute atomic E-state index is 0.0595. The summed E-state index contributed by atoms with van der Waals surface area (Å²) < 4.78 is 0. The highest BCUT2D eigenvalue weighted by Gasteiger charge is 2.27. The maximum Gasteiger partial charge on any atom is 0.253 e. The summed E-state index contributed by atoms with van der Waals surface area (Å²) >= 11 is 0. The fraction of sp³-hybridized carbons (Fsp3) is 0.579. The molecule has 0 spiro atoms. The van der Waals surface area contributed by atoms with Crippen LogP contribution in [-0.2, 0) is 0 Å². The predicted octanol–water partition coefficient (Wildman–Crippen LogP) is 2.05. The van der Waals surface area contributed by atoms with E-state index in [2.05, 4.69) is 22.8 Å². The molecule has 1 atom stereocenters. The van der Waals surface area contributed by atoms with E-state index in [0.29, 0.717) is 17.2 Å². The molecule has 0 unspecified atom stereocenters. The molecule has 1 heterocycles. The Morgan fingerprint density at radius 1 is 1.29 bits per heavy atom. The molecule has 24 heavy (non-hydrogen) atoms. The minimum atomic E-state index is 0.0595. The second-order valence-electron chi connectivity index (χ2n) is 6.67. The van der Waals surface area contributed by atoms with Gasteiger partial charge < -0.3 is 9.80 Å². The van der Waals surface area contributed by atoms with E-state index in [1.165, 1.54) is 6.42 Å². The number of likely N-dealkylation sites (tertiary alicyclic amines) is 1. The molecular weight excluding hydrogens is 300 g/mol. The third kappa shape index (κ3) is 4.80. The van der Waals surface area contributed by atoms with Crippen LogP contribution in [0, 0.1) is 11.3 Å². The van der Waals surface area contributed by atoms with Gasteiger partial charge in [0.15, 0.2) is 0 Å². The minimum Gasteiger partial charge on any atom is -0.336 e. The number of hydrogen-bond acceptors (Lipinski definition) is 4. The topological polar surface area (TPSA) is 50.6 Å². The maximum atomic E-state index is 12.9. The third-order valence-electron chi connectivity index (χ3n) is 4.70. The monoisotopic (exact) mass is 328 g/mol. The molecule has 0 N–H and O–H groups in total. The highest BCUT2D eigenvalue weighted by molar-refractivity contribution is 5.94. The summed E-state index contributed by atoms with van der Waals surface area (Å²) in [6, 6.07) is 9.50. The summed E-state index contributed by atoms with van der Waals surface area (Å²) in [5.74, 6) is 0.0595. The average molecular weight is 328 g/mol. The van der Waals surface area contributed by atoms with Crippen LogP contribution in [-0.4, -0.2) is 73.5 Å². The summed E-state index contributed by atoms with van der Waals surface area (Å²) in [7, 11) is 4.05. The van der Waals surface area contributed by atoms with Crippen molar-refractivity contribution in [3.05, 3.63) is 35.4 Å². The van der Waals surface area contributed by atoms with Crippen LogP contribution in [0.1, 0.15) is 35.7 Å². The van der Waals surface area contributed by atoms with Gasteiger partial charge in [0.25, 0.3) is 5.91 Å². The van der Waals surface area contributed by atoms with Gasteiger partial charge in [-0.2, -0.15) is 5.26 Å². The first kappa shape index (κ1) is 18.4. The number of amides is 1. The van der Waals surface area contributed by atoms with Crippen LogP contribution in [0.2, 0.25) is 0 Å². The largest absolute Gasteiger partial charge is 0.336 e. The zero-order chi connectivity index (χ0) is 17.5. The first-order valence-corrected chi connectivity index (χ1v) is 8.73. The Morgan fingerprint density at radius 3 is 2.58 bits per heavy atom. The quantitative estimate of drug-likeness (QED) is 0.769. The van der Waals surface area contributed by atoms with Gasteiger partial charge in [-0.1, -0.05) is 6.92 Å². The van der Waals surface area contributed by atoms with E-state index < -0.39 is 0 Å². The number of benzene rings is 1. The summed E-state index contributed by atoms with van der Waals surface area (Å²) in [4.78, 5) is 19.5. The Balaban J connectivity index is 2.11. The number of hydrogen-bond donors (Lipinski definition) is 0. The third-order valence-corrected chi connectivity index (χ3v) is 4.70.